The average Bonchev–Trinajstić information content (AvgIpc) is 2.64. The van der Waals surface area contributed by atoms with E-state index in [1.165, 1.54) is 22.5 Å². The number of allylic oxidation sites excluding steroid dienone is 3. The van der Waals surface area contributed by atoms with Gasteiger partial charge in [0.25, 0.3) is 0 Å². The lowest BCUT2D eigenvalue weighted by Gasteiger charge is -2.41. The van der Waals surface area contributed by atoms with Crippen molar-refractivity contribution in [3.8, 4) is 0 Å². The Hall–Kier alpha value is -1.87. The maximum atomic E-state index is 4.64. The summed E-state index contributed by atoms with van der Waals surface area (Å²) >= 11 is 0. The average molecular weight is 297 g/mol. The molecule has 0 spiro atoms. The van der Waals surface area contributed by atoms with E-state index in [0.29, 0.717) is 6.04 Å². The van der Waals surface area contributed by atoms with Crippen LogP contribution in [0.3, 0.4) is 0 Å². The summed E-state index contributed by atoms with van der Waals surface area (Å²) in [6.07, 6.45) is 6.25. The SMILES string of the molecule is C=CC=C.CC1=C(C)C2CN(C)CCN2c2ncccc2C1. The molecule has 1 aromatic rings. The van der Waals surface area contributed by atoms with Gasteiger partial charge in [-0.25, -0.2) is 4.98 Å². The Morgan fingerprint density at radius 3 is 2.64 bits per heavy atom. The first kappa shape index (κ1) is 16.5. The van der Waals surface area contributed by atoms with E-state index in [-0.39, 0.29) is 0 Å². The molecule has 3 rings (SSSR count). The van der Waals surface area contributed by atoms with Crippen LogP contribution >= 0.6 is 0 Å². The van der Waals surface area contributed by atoms with Gasteiger partial charge in [0, 0.05) is 25.8 Å². The number of hydrogen-bond acceptors (Lipinski definition) is 3. The number of likely N-dealkylation sites (N-methyl/N-ethyl adjacent to an activating group) is 1. The second-order valence-electron chi connectivity index (χ2n) is 6.07. The van der Waals surface area contributed by atoms with E-state index < -0.39 is 0 Å². The summed E-state index contributed by atoms with van der Waals surface area (Å²) in [7, 11) is 2.21. The van der Waals surface area contributed by atoms with Crippen LogP contribution in [0.25, 0.3) is 0 Å². The molecule has 3 nitrogen and oxygen atoms in total. The summed E-state index contributed by atoms with van der Waals surface area (Å²) in [6.45, 7) is 14.6. The van der Waals surface area contributed by atoms with E-state index in [1.807, 2.05) is 6.20 Å². The van der Waals surface area contributed by atoms with Gasteiger partial charge in [0.2, 0.25) is 0 Å². The van der Waals surface area contributed by atoms with Crippen molar-refractivity contribution in [1.82, 2.24) is 9.88 Å². The van der Waals surface area contributed by atoms with E-state index >= 15 is 0 Å². The van der Waals surface area contributed by atoms with E-state index in [4.69, 9.17) is 0 Å². The predicted octanol–water partition coefficient (Wildman–Crippen LogP) is 3.45. The highest BCUT2D eigenvalue weighted by Crippen LogP contribution is 2.32. The highest BCUT2D eigenvalue weighted by atomic mass is 15.3. The molecular formula is C19H27N3. The normalized spacial score (nSPS) is 21.0. The van der Waals surface area contributed by atoms with Gasteiger partial charge < -0.3 is 9.80 Å². The van der Waals surface area contributed by atoms with Crippen molar-refractivity contribution in [1.29, 1.82) is 0 Å². The van der Waals surface area contributed by atoms with E-state index in [1.54, 1.807) is 12.2 Å². The number of rotatable bonds is 1. The third-order valence-corrected chi connectivity index (χ3v) is 4.52. The molecule has 1 atom stereocenters. The molecule has 0 N–H and O–H groups in total. The van der Waals surface area contributed by atoms with Crippen molar-refractivity contribution >= 4 is 5.82 Å². The zero-order valence-electron chi connectivity index (χ0n) is 14.0. The van der Waals surface area contributed by atoms with Crippen LogP contribution in [-0.4, -0.2) is 42.6 Å². The fourth-order valence-electron chi connectivity index (χ4n) is 3.08. The van der Waals surface area contributed by atoms with Gasteiger partial charge in [0.05, 0.1) is 6.04 Å². The number of piperazine rings is 1. The molecule has 0 saturated carbocycles. The van der Waals surface area contributed by atoms with Crippen molar-refractivity contribution in [2.45, 2.75) is 26.3 Å². The van der Waals surface area contributed by atoms with Crippen molar-refractivity contribution in [3.05, 3.63) is 60.3 Å². The van der Waals surface area contributed by atoms with E-state index in [9.17, 15) is 0 Å². The zero-order chi connectivity index (χ0) is 16.1. The molecule has 1 aromatic heterocycles. The highest BCUT2D eigenvalue weighted by molar-refractivity contribution is 5.54. The van der Waals surface area contributed by atoms with Crippen LogP contribution in [0.5, 0.6) is 0 Å². The van der Waals surface area contributed by atoms with Crippen LogP contribution in [-0.2, 0) is 6.42 Å². The van der Waals surface area contributed by atoms with Gasteiger partial charge in [-0.2, -0.15) is 0 Å². The van der Waals surface area contributed by atoms with Gasteiger partial charge in [-0.15, -0.1) is 0 Å². The van der Waals surface area contributed by atoms with Crippen LogP contribution in [0.15, 0.2) is 54.8 Å². The maximum Gasteiger partial charge on any atom is 0.132 e. The molecule has 118 valence electrons. The first-order valence-corrected chi connectivity index (χ1v) is 7.87. The summed E-state index contributed by atoms with van der Waals surface area (Å²) in [5.41, 5.74) is 4.41. The number of aromatic nitrogens is 1. The second-order valence-corrected chi connectivity index (χ2v) is 6.07. The molecule has 3 heterocycles. The minimum atomic E-state index is 0.500. The first-order valence-electron chi connectivity index (χ1n) is 7.87. The molecule has 0 aliphatic carbocycles. The Labute approximate surface area is 134 Å². The summed E-state index contributed by atoms with van der Waals surface area (Å²) in [5, 5.41) is 0. The van der Waals surface area contributed by atoms with Crippen LogP contribution in [0, 0.1) is 0 Å². The lowest BCUT2D eigenvalue weighted by molar-refractivity contribution is 0.281. The van der Waals surface area contributed by atoms with Gasteiger partial charge in [0.1, 0.15) is 5.82 Å². The molecule has 0 aromatic carbocycles. The quantitative estimate of drug-likeness (QED) is 0.584. The Morgan fingerprint density at radius 1 is 1.23 bits per heavy atom. The summed E-state index contributed by atoms with van der Waals surface area (Å²) in [5.74, 6) is 1.20. The van der Waals surface area contributed by atoms with Crippen molar-refractivity contribution in [2.75, 3.05) is 31.6 Å². The maximum absolute atomic E-state index is 4.64. The predicted molar refractivity (Wildman–Crippen MR) is 95.3 cm³/mol. The molecule has 1 unspecified atom stereocenters. The van der Waals surface area contributed by atoms with Gasteiger partial charge in [-0.3, -0.25) is 0 Å². The molecule has 22 heavy (non-hydrogen) atoms. The number of anilines is 1. The standard InChI is InChI=1S/C15H21N3.C4H6/c1-11-9-13-5-4-6-16-15(13)18-8-7-17(3)10-14(18)12(11)2;1-3-4-2/h4-6,14H,7-10H2,1-3H3;3-4H,1-2H2. The second kappa shape index (κ2) is 7.41. The molecule has 1 saturated heterocycles. The molecule has 2 aliphatic rings. The van der Waals surface area contributed by atoms with Crippen LogP contribution in [0.4, 0.5) is 5.82 Å². The lowest BCUT2D eigenvalue weighted by Crippen LogP contribution is -2.52. The molecule has 0 bridgehead atoms. The Balaban J connectivity index is 0.000000396. The van der Waals surface area contributed by atoms with Crippen LogP contribution in [0.1, 0.15) is 19.4 Å². The monoisotopic (exact) mass is 297 g/mol. The largest absolute Gasteiger partial charge is 0.347 e. The zero-order valence-corrected chi connectivity index (χ0v) is 14.0. The number of hydrogen-bond donors (Lipinski definition) is 0. The number of nitrogens with zero attached hydrogens (tertiary/aromatic N) is 3. The summed E-state index contributed by atoms with van der Waals surface area (Å²) in [6, 6.07) is 4.78. The van der Waals surface area contributed by atoms with Crippen molar-refractivity contribution < 1.29 is 0 Å². The summed E-state index contributed by atoms with van der Waals surface area (Å²) in [4.78, 5) is 9.56. The third kappa shape index (κ3) is 3.47. The molecule has 1 fully saturated rings. The first-order chi connectivity index (χ1) is 10.6. The lowest BCUT2D eigenvalue weighted by atomic mass is 9.99. The fraction of sp³-hybridized carbons (Fsp3) is 0.421. The molecule has 0 radical (unpaired) electrons. The van der Waals surface area contributed by atoms with Gasteiger partial charge in [-0.1, -0.05) is 42.5 Å². The molecule has 3 heteroatoms. The van der Waals surface area contributed by atoms with Crippen molar-refractivity contribution in [2.24, 2.45) is 0 Å². The Kier molecular flexibility index (Phi) is 5.56. The van der Waals surface area contributed by atoms with Crippen molar-refractivity contribution in [3.63, 3.8) is 0 Å². The fourth-order valence-corrected chi connectivity index (χ4v) is 3.08. The summed E-state index contributed by atoms with van der Waals surface area (Å²) < 4.78 is 0. The number of pyridine rings is 1. The number of fused-ring (bicyclic) bond motifs is 3. The highest BCUT2D eigenvalue weighted by Gasteiger charge is 2.31. The van der Waals surface area contributed by atoms with E-state index in [0.717, 1.165) is 26.1 Å². The van der Waals surface area contributed by atoms with Gasteiger partial charge >= 0.3 is 0 Å². The molecular weight excluding hydrogens is 270 g/mol. The van der Waals surface area contributed by atoms with Crippen LogP contribution < -0.4 is 4.90 Å². The molecule has 2 aliphatic heterocycles. The minimum absolute atomic E-state index is 0.500. The van der Waals surface area contributed by atoms with E-state index in [2.05, 4.69) is 61.0 Å². The topological polar surface area (TPSA) is 19.4 Å². The van der Waals surface area contributed by atoms with Gasteiger partial charge in [-0.05, 0) is 38.9 Å². The van der Waals surface area contributed by atoms with Gasteiger partial charge in [0.15, 0.2) is 0 Å². The molecule has 0 amide bonds. The smallest absolute Gasteiger partial charge is 0.132 e. The Morgan fingerprint density at radius 2 is 1.95 bits per heavy atom. The minimum Gasteiger partial charge on any atom is -0.347 e. The third-order valence-electron chi connectivity index (χ3n) is 4.52. The van der Waals surface area contributed by atoms with Crippen LogP contribution in [0.2, 0.25) is 0 Å². The Bertz CT molecular complexity index is 568.